The fourth-order valence-electron chi connectivity index (χ4n) is 3.51. The van der Waals surface area contributed by atoms with Crippen LogP contribution < -0.4 is 14.5 Å². The zero-order chi connectivity index (χ0) is 24.5. The first-order valence-electron chi connectivity index (χ1n) is 9.83. The molecule has 0 bridgehead atoms. The maximum absolute atomic E-state index is 13.0. The second-order valence-corrected chi connectivity index (χ2v) is 7.42. The van der Waals surface area contributed by atoms with Gasteiger partial charge in [0.25, 0.3) is 5.88 Å². The van der Waals surface area contributed by atoms with E-state index in [9.17, 15) is 32.7 Å². The van der Waals surface area contributed by atoms with Crippen LogP contribution in [0.5, 0.6) is 11.8 Å². The lowest BCUT2D eigenvalue weighted by molar-refractivity contribution is -0.142. The van der Waals surface area contributed by atoms with Crippen LogP contribution in [0.15, 0.2) is 12.4 Å². The quantitative estimate of drug-likeness (QED) is 0.699. The molecule has 0 unspecified atom stereocenters. The van der Waals surface area contributed by atoms with Gasteiger partial charge < -0.3 is 14.7 Å². The first-order chi connectivity index (χ1) is 15.4. The fourth-order valence-corrected chi connectivity index (χ4v) is 3.51. The van der Waals surface area contributed by atoms with E-state index in [0.29, 0.717) is 18.9 Å². The molecule has 0 radical (unpaired) electrons. The highest BCUT2D eigenvalue weighted by atomic mass is 19.4. The monoisotopic (exact) mass is 470 g/mol. The Morgan fingerprint density at radius 3 is 2.24 bits per heavy atom. The van der Waals surface area contributed by atoms with Crippen LogP contribution in [0.1, 0.15) is 32.4 Å². The third-order valence-electron chi connectivity index (χ3n) is 5.10. The van der Waals surface area contributed by atoms with E-state index in [1.807, 2.05) is 0 Å². The minimum atomic E-state index is -4.71. The van der Waals surface area contributed by atoms with Crippen molar-refractivity contribution in [2.45, 2.75) is 32.9 Å². The standard InChI is InChI=1S/C19H21F3N6O5/c1-10(29)28(11(2)30)15-16(27-6-4-12(5-7-27)18(31)32)23-9-24-17(15)33-14-8-13(19(20,21)22)25-26(14)3/h8-9,12H,4-7H2,1-3H3,(H,31,32). The topological polar surface area (TPSA) is 131 Å². The summed E-state index contributed by atoms with van der Waals surface area (Å²) in [5, 5.41) is 12.6. The molecule has 3 rings (SSSR count). The third-order valence-corrected chi connectivity index (χ3v) is 5.10. The van der Waals surface area contributed by atoms with Crippen molar-refractivity contribution in [1.82, 2.24) is 19.7 Å². The van der Waals surface area contributed by atoms with Crippen LogP contribution in [0.25, 0.3) is 0 Å². The van der Waals surface area contributed by atoms with Crippen LogP contribution in [0.3, 0.4) is 0 Å². The SMILES string of the molecule is CC(=O)N(C(C)=O)c1c(Oc2cc(C(F)(F)F)nn2C)ncnc1N1CCC(C(=O)O)CC1. The Balaban J connectivity index is 2.07. The van der Waals surface area contributed by atoms with E-state index in [2.05, 4.69) is 15.1 Å². The maximum Gasteiger partial charge on any atom is 0.435 e. The Hall–Kier alpha value is -3.71. The molecule has 0 aromatic carbocycles. The Morgan fingerprint density at radius 2 is 1.76 bits per heavy atom. The van der Waals surface area contributed by atoms with Gasteiger partial charge in [-0.2, -0.15) is 23.3 Å². The van der Waals surface area contributed by atoms with E-state index in [1.54, 1.807) is 4.90 Å². The molecule has 1 saturated heterocycles. The predicted molar refractivity (Wildman–Crippen MR) is 107 cm³/mol. The minimum absolute atomic E-state index is 0.118. The molecule has 0 saturated carbocycles. The van der Waals surface area contributed by atoms with Crippen LogP contribution in [0, 0.1) is 5.92 Å². The summed E-state index contributed by atoms with van der Waals surface area (Å²) >= 11 is 0. The van der Waals surface area contributed by atoms with Crippen LogP contribution in [0.2, 0.25) is 0 Å². The molecule has 1 fully saturated rings. The molecule has 178 valence electrons. The number of alkyl halides is 3. The van der Waals surface area contributed by atoms with E-state index in [0.717, 1.165) is 29.8 Å². The van der Waals surface area contributed by atoms with E-state index < -0.39 is 35.6 Å². The normalized spacial score (nSPS) is 14.8. The number of hydrogen-bond acceptors (Lipinski definition) is 8. The lowest BCUT2D eigenvalue weighted by Crippen LogP contribution is -2.40. The largest absolute Gasteiger partial charge is 0.481 e. The molecule has 3 heterocycles. The number of aliphatic carboxylic acids is 1. The number of hydrogen-bond donors (Lipinski definition) is 1. The summed E-state index contributed by atoms with van der Waals surface area (Å²) in [6.07, 6.45) is -3.03. The van der Waals surface area contributed by atoms with Crippen molar-refractivity contribution in [1.29, 1.82) is 0 Å². The second kappa shape index (κ2) is 9.03. The summed E-state index contributed by atoms with van der Waals surface area (Å²) in [5.41, 5.74) is -1.34. The molecule has 33 heavy (non-hydrogen) atoms. The van der Waals surface area contributed by atoms with Gasteiger partial charge in [0.2, 0.25) is 17.7 Å². The van der Waals surface area contributed by atoms with Crippen LogP contribution in [0.4, 0.5) is 24.7 Å². The van der Waals surface area contributed by atoms with E-state index in [-0.39, 0.29) is 36.4 Å². The molecule has 1 aliphatic heterocycles. The summed E-state index contributed by atoms with van der Waals surface area (Å²) in [6, 6.07) is 0.662. The molecule has 0 atom stereocenters. The van der Waals surface area contributed by atoms with Gasteiger partial charge in [-0.1, -0.05) is 0 Å². The number of halogens is 3. The Kier molecular flexibility index (Phi) is 6.56. The summed E-state index contributed by atoms with van der Waals surface area (Å²) in [5.74, 6) is -3.39. The minimum Gasteiger partial charge on any atom is -0.481 e. The molecule has 2 amide bonds. The number of carbonyl (C=O) groups is 3. The van der Waals surface area contributed by atoms with Gasteiger partial charge in [0.15, 0.2) is 17.2 Å². The Morgan fingerprint density at radius 1 is 1.15 bits per heavy atom. The van der Waals surface area contributed by atoms with Gasteiger partial charge >= 0.3 is 12.1 Å². The summed E-state index contributed by atoms with van der Waals surface area (Å²) < 4.78 is 45.5. The summed E-state index contributed by atoms with van der Waals surface area (Å²) in [6.45, 7) is 2.77. The van der Waals surface area contributed by atoms with Gasteiger partial charge in [-0.15, -0.1) is 0 Å². The molecule has 0 spiro atoms. The number of carboxylic acid groups (broad SMARTS) is 1. The average molecular weight is 470 g/mol. The molecule has 1 N–H and O–H groups in total. The third kappa shape index (κ3) is 5.04. The molecular formula is C19H21F3N6O5. The highest BCUT2D eigenvalue weighted by molar-refractivity contribution is 6.15. The fraction of sp³-hybridized carbons (Fsp3) is 0.474. The van der Waals surface area contributed by atoms with Gasteiger partial charge in [-0.3, -0.25) is 14.4 Å². The van der Waals surface area contributed by atoms with Crippen molar-refractivity contribution in [3.8, 4) is 11.8 Å². The molecule has 11 nitrogen and oxygen atoms in total. The molecular weight excluding hydrogens is 449 g/mol. The van der Waals surface area contributed by atoms with Crippen LogP contribution in [-0.2, 0) is 27.6 Å². The Labute approximate surface area is 185 Å². The number of amides is 2. The highest BCUT2D eigenvalue weighted by Crippen LogP contribution is 2.40. The van der Waals surface area contributed by atoms with E-state index in [4.69, 9.17) is 4.74 Å². The van der Waals surface area contributed by atoms with Gasteiger partial charge in [-0.25, -0.2) is 14.6 Å². The van der Waals surface area contributed by atoms with Gasteiger partial charge in [0.1, 0.15) is 6.33 Å². The van der Waals surface area contributed by atoms with Crippen molar-refractivity contribution in [3.05, 3.63) is 18.1 Å². The number of carboxylic acids is 1. The van der Waals surface area contributed by atoms with Crippen LogP contribution in [-0.4, -0.2) is 55.7 Å². The molecule has 2 aromatic heterocycles. The Bertz CT molecular complexity index is 1060. The van der Waals surface area contributed by atoms with Crippen LogP contribution >= 0.6 is 0 Å². The molecule has 2 aromatic rings. The van der Waals surface area contributed by atoms with Crippen molar-refractivity contribution in [2.75, 3.05) is 22.9 Å². The molecule has 1 aliphatic rings. The van der Waals surface area contributed by atoms with Gasteiger partial charge in [-0.05, 0) is 12.8 Å². The molecule has 14 heteroatoms. The van der Waals surface area contributed by atoms with E-state index >= 15 is 0 Å². The number of piperidine rings is 1. The van der Waals surface area contributed by atoms with Gasteiger partial charge in [0, 0.05) is 40.1 Å². The first kappa shape index (κ1) is 23.9. The maximum atomic E-state index is 13.0. The average Bonchev–Trinajstić information content (AvgIpc) is 3.09. The van der Waals surface area contributed by atoms with Gasteiger partial charge in [0.05, 0.1) is 5.92 Å². The van der Waals surface area contributed by atoms with Crippen molar-refractivity contribution in [3.63, 3.8) is 0 Å². The summed E-state index contributed by atoms with van der Waals surface area (Å²) in [4.78, 5) is 46.4. The van der Waals surface area contributed by atoms with Crippen molar-refractivity contribution in [2.24, 2.45) is 13.0 Å². The molecule has 0 aliphatic carbocycles. The number of rotatable bonds is 5. The number of nitrogens with zero attached hydrogens (tertiary/aromatic N) is 6. The number of ether oxygens (including phenoxy) is 1. The van der Waals surface area contributed by atoms with Crippen molar-refractivity contribution < 1.29 is 37.4 Å². The lowest BCUT2D eigenvalue weighted by Gasteiger charge is -2.33. The van der Waals surface area contributed by atoms with E-state index in [1.165, 1.54) is 7.05 Å². The number of anilines is 2. The number of aromatic nitrogens is 4. The predicted octanol–water partition coefficient (Wildman–Crippen LogP) is 2.22. The number of carbonyl (C=O) groups excluding carboxylic acids is 2. The summed E-state index contributed by atoms with van der Waals surface area (Å²) in [7, 11) is 1.23. The first-order valence-corrected chi connectivity index (χ1v) is 9.83. The lowest BCUT2D eigenvalue weighted by atomic mass is 9.97. The number of aryl methyl sites for hydroxylation is 1. The second-order valence-electron chi connectivity index (χ2n) is 7.42. The smallest absolute Gasteiger partial charge is 0.435 e. The zero-order valence-electron chi connectivity index (χ0n) is 18.0. The zero-order valence-corrected chi connectivity index (χ0v) is 18.0. The van der Waals surface area contributed by atoms with Crippen molar-refractivity contribution >= 4 is 29.3 Å². The number of imide groups is 1. The highest BCUT2D eigenvalue weighted by Gasteiger charge is 2.36.